The first-order valence-corrected chi connectivity index (χ1v) is 6.59. The maximum atomic E-state index is 11.8. The molecule has 17 heavy (non-hydrogen) atoms. The Bertz CT molecular complexity index is 259. The monoisotopic (exact) mass is 241 g/mol. The zero-order valence-corrected chi connectivity index (χ0v) is 10.6. The summed E-state index contributed by atoms with van der Waals surface area (Å²) in [6.45, 7) is 2.58. The smallest absolute Gasteiger partial charge is 0.303 e. The molecule has 0 aromatic carbocycles. The normalized spacial score (nSPS) is 18.6. The van der Waals surface area contributed by atoms with Gasteiger partial charge in [0.05, 0.1) is 0 Å². The quantitative estimate of drug-likeness (QED) is 0.749. The average Bonchev–Trinajstić information content (AvgIpc) is 2.34. The predicted molar refractivity (Wildman–Crippen MR) is 65.6 cm³/mol. The SMILES string of the molecule is CC(CCC(=O)O)CNC(=O)C1CCCCC1. The maximum Gasteiger partial charge on any atom is 0.303 e. The lowest BCUT2D eigenvalue weighted by atomic mass is 9.88. The van der Waals surface area contributed by atoms with Crippen LogP contribution in [-0.2, 0) is 9.59 Å². The van der Waals surface area contributed by atoms with Gasteiger partial charge in [0.15, 0.2) is 0 Å². The Labute approximate surface area is 103 Å². The van der Waals surface area contributed by atoms with Gasteiger partial charge in [-0.3, -0.25) is 9.59 Å². The highest BCUT2D eigenvalue weighted by Crippen LogP contribution is 2.23. The third-order valence-corrected chi connectivity index (χ3v) is 3.45. The first kappa shape index (κ1) is 14.0. The Morgan fingerprint density at radius 3 is 2.53 bits per heavy atom. The summed E-state index contributed by atoms with van der Waals surface area (Å²) in [6.07, 6.45) is 6.39. The largest absolute Gasteiger partial charge is 0.481 e. The molecule has 0 bridgehead atoms. The fourth-order valence-electron chi connectivity index (χ4n) is 2.26. The van der Waals surface area contributed by atoms with E-state index in [1.54, 1.807) is 0 Å². The number of carboxylic acid groups (broad SMARTS) is 1. The number of carbonyl (C=O) groups is 2. The van der Waals surface area contributed by atoms with Gasteiger partial charge in [0.2, 0.25) is 5.91 Å². The summed E-state index contributed by atoms with van der Waals surface area (Å²) in [5.41, 5.74) is 0. The first-order chi connectivity index (χ1) is 8.09. The van der Waals surface area contributed by atoms with E-state index in [4.69, 9.17) is 5.11 Å². The van der Waals surface area contributed by atoms with Gasteiger partial charge < -0.3 is 10.4 Å². The van der Waals surface area contributed by atoms with E-state index in [1.807, 2.05) is 6.92 Å². The minimum Gasteiger partial charge on any atom is -0.481 e. The lowest BCUT2D eigenvalue weighted by molar-refractivity contribution is -0.137. The van der Waals surface area contributed by atoms with Gasteiger partial charge in [0, 0.05) is 18.9 Å². The van der Waals surface area contributed by atoms with Crippen LogP contribution in [0.2, 0.25) is 0 Å². The molecule has 0 spiro atoms. The molecule has 0 saturated heterocycles. The van der Waals surface area contributed by atoms with Crippen molar-refractivity contribution in [3.05, 3.63) is 0 Å². The van der Waals surface area contributed by atoms with Crippen LogP contribution < -0.4 is 5.32 Å². The fraction of sp³-hybridized carbons (Fsp3) is 0.846. The molecule has 0 aliphatic heterocycles. The molecule has 1 fully saturated rings. The van der Waals surface area contributed by atoms with Crippen molar-refractivity contribution in [1.82, 2.24) is 5.32 Å². The number of aliphatic carboxylic acids is 1. The minimum absolute atomic E-state index is 0.159. The highest BCUT2D eigenvalue weighted by Gasteiger charge is 2.21. The Hall–Kier alpha value is -1.06. The number of hydrogen-bond acceptors (Lipinski definition) is 2. The summed E-state index contributed by atoms with van der Waals surface area (Å²) >= 11 is 0. The van der Waals surface area contributed by atoms with Crippen molar-refractivity contribution in [2.45, 2.75) is 51.9 Å². The molecule has 1 aliphatic rings. The highest BCUT2D eigenvalue weighted by atomic mass is 16.4. The molecule has 1 saturated carbocycles. The van der Waals surface area contributed by atoms with Gasteiger partial charge in [-0.25, -0.2) is 0 Å². The number of rotatable bonds is 6. The molecule has 1 rings (SSSR count). The van der Waals surface area contributed by atoms with Gasteiger partial charge in [-0.1, -0.05) is 26.2 Å². The molecule has 0 aromatic rings. The molecule has 1 unspecified atom stereocenters. The molecule has 98 valence electrons. The Morgan fingerprint density at radius 1 is 1.29 bits per heavy atom. The van der Waals surface area contributed by atoms with E-state index >= 15 is 0 Å². The van der Waals surface area contributed by atoms with Gasteiger partial charge in [-0.15, -0.1) is 0 Å². The lowest BCUT2D eigenvalue weighted by Crippen LogP contribution is -2.34. The summed E-state index contributed by atoms with van der Waals surface area (Å²) in [7, 11) is 0. The van der Waals surface area contributed by atoms with E-state index in [-0.39, 0.29) is 24.2 Å². The van der Waals surface area contributed by atoms with E-state index < -0.39 is 5.97 Å². The number of carboxylic acids is 1. The summed E-state index contributed by atoms with van der Waals surface area (Å²) in [6, 6.07) is 0. The number of nitrogens with one attached hydrogen (secondary N) is 1. The third-order valence-electron chi connectivity index (χ3n) is 3.45. The van der Waals surface area contributed by atoms with Crippen molar-refractivity contribution >= 4 is 11.9 Å². The number of amides is 1. The van der Waals surface area contributed by atoms with Gasteiger partial charge in [0.1, 0.15) is 0 Å². The van der Waals surface area contributed by atoms with E-state index in [2.05, 4.69) is 5.32 Å². The Kier molecular flexibility index (Phi) is 6.01. The van der Waals surface area contributed by atoms with Crippen LogP contribution in [0.25, 0.3) is 0 Å². The van der Waals surface area contributed by atoms with Crippen molar-refractivity contribution in [2.75, 3.05) is 6.54 Å². The molecule has 0 heterocycles. The molecule has 0 radical (unpaired) electrons. The third kappa shape index (κ3) is 5.71. The van der Waals surface area contributed by atoms with Crippen LogP contribution in [0.5, 0.6) is 0 Å². The van der Waals surface area contributed by atoms with Crippen LogP contribution >= 0.6 is 0 Å². The Balaban J connectivity index is 2.15. The molecule has 4 nitrogen and oxygen atoms in total. The van der Waals surface area contributed by atoms with Gasteiger partial charge in [-0.05, 0) is 25.2 Å². The molecule has 0 aromatic heterocycles. The summed E-state index contributed by atoms with van der Waals surface area (Å²) < 4.78 is 0. The standard InChI is InChI=1S/C13H23NO3/c1-10(7-8-12(15)16)9-14-13(17)11-5-3-2-4-6-11/h10-11H,2-9H2,1H3,(H,14,17)(H,15,16). The Morgan fingerprint density at radius 2 is 1.94 bits per heavy atom. The molecule has 2 N–H and O–H groups in total. The molecular formula is C13H23NO3. The van der Waals surface area contributed by atoms with Gasteiger partial charge >= 0.3 is 5.97 Å². The summed E-state index contributed by atoms with van der Waals surface area (Å²) in [4.78, 5) is 22.2. The fourth-order valence-corrected chi connectivity index (χ4v) is 2.26. The van der Waals surface area contributed by atoms with Crippen molar-refractivity contribution in [1.29, 1.82) is 0 Å². The number of hydrogen-bond donors (Lipinski definition) is 2. The number of carbonyl (C=O) groups excluding carboxylic acids is 1. The predicted octanol–water partition coefficient (Wildman–Crippen LogP) is 2.18. The lowest BCUT2D eigenvalue weighted by Gasteiger charge is -2.21. The van der Waals surface area contributed by atoms with Crippen LogP contribution in [0.3, 0.4) is 0 Å². The zero-order valence-electron chi connectivity index (χ0n) is 10.6. The molecule has 1 atom stereocenters. The zero-order chi connectivity index (χ0) is 12.7. The first-order valence-electron chi connectivity index (χ1n) is 6.59. The second-order valence-corrected chi connectivity index (χ2v) is 5.12. The van der Waals surface area contributed by atoms with Crippen molar-refractivity contribution in [3.63, 3.8) is 0 Å². The molecule has 1 amide bonds. The van der Waals surface area contributed by atoms with Crippen molar-refractivity contribution in [2.24, 2.45) is 11.8 Å². The van der Waals surface area contributed by atoms with Crippen LogP contribution in [-0.4, -0.2) is 23.5 Å². The van der Waals surface area contributed by atoms with E-state index in [9.17, 15) is 9.59 Å². The van der Waals surface area contributed by atoms with E-state index in [0.29, 0.717) is 13.0 Å². The minimum atomic E-state index is -0.768. The summed E-state index contributed by atoms with van der Waals surface area (Å²) in [5.74, 6) is -0.184. The molecular weight excluding hydrogens is 218 g/mol. The topological polar surface area (TPSA) is 66.4 Å². The van der Waals surface area contributed by atoms with E-state index in [0.717, 1.165) is 25.7 Å². The van der Waals surface area contributed by atoms with Crippen molar-refractivity contribution in [3.8, 4) is 0 Å². The van der Waals surface area contributed by atoms with Crippen LogP contribution in [0.15, 0.2) is 0 Å². The van der Waals surface area contributed by atoms with Crippen LogP contribution in [0.4, 0.5) is 0 Å². The average molecular weight is 241 g/mol. The highest BCUT2D eigenvalue weighted by molar-refractivity contribution is 5.78. The second-order valence-electron chi connectivity index (χ2n) is 5.12. The molecule has 4 heteroatoms. The maximum absolute atomic E-state index is 11.8. The van der Waals surface area contributed by atoms with Crippen LogP contribution in [0.1, 0.15) is 51.9 Å². The van der Waals surface area contributed by atoms with Crippen LogP contribution in [0, 0.1) is 11.8 Å². The van der Waals surface area contributed by atoms with Gasteiger partial charge in [0.25, 0.3) is 0 Å². The molecule has 1 aliphatic carbocycles. The summed E-state index contributed by atoms with van der Waals surface area (Å²) in [5, 5.41) is 11.5. The van der Waals surface area contributed by atoms with E-state index in [1.165, 1.54) is 6.42 Å². The second kappa shape index (κ2) is 7.30. The van der Waals surface area contributed by atoms with Crippen molar-refractivity contribution < 1.29 is 14.7 Å². The van der Waals surface area contributed by atoms with Gasteiger partial charge in [-0.2, -0.15) is 0 Å².